The summed E-state index contributed by atoms with van der Waals surface area (Å²) < 4.78 is 4.98. The van der Waals surface area contributed by atoms with Crippen LogP contribution in [-0.2, 0) is 0 Å². The normalized spacial score (nSPS) is 11.4. The van der Waals surface area contributed by atoms with Gasteiger partial charge in [0.05, 0.1) is 5.69 Å². The Morgan fingerprint density at radius 3 is 2.93 bits per heavy atom. The van der Waals surface area contributed by atoms with Crippen LogP contribution in [-0.4, -0.2) is 16.9 Å². The van der Waals surface area contributed by atoms with E-state index in [-0.39, 0.29) is 0 Å². The number of nitrogens with one attached hydrogen (secondary N) is 1. The first kappa shape index (κ1) is 10.2. The lowest BCUT2D eigenvalue weighted by molar-refractivity contribution is 0.249. The van der Waals surface area contributed by atoms with E-state index in [2.05, 4.69) is 15.7 Å². The molecule has 0 aliphatic carbocycles. The zero-order chi connectivity index (χ0) is 10.6. The van der Waals surface area contributed by atoms with Crippen molar-refractivity contribution >= 4 is 11.7 Å². The van der Waals surface area contributed by atoms with Gasteiger partial charge < -0.3 is 10.3 Å². The molecule has 2 amide bonds. The number of aryl methyl sites for hydroxylation is 1. The maximum Gasteiger partial charge on any atom is 0.332 e. The number of amides is 2. The topological polar surface area (TPSA) is 93.5 Å². The van der Waals surface area contributed by atoms with Gasteiger partial charge in [-0.2, -0.15) is 5.10 Å². The summed E-state index contributed by atoms with van der Waals surface area (Å²) in [4.78, 5) is 10.4. The van der Waals surface area contributed by atoms with E-state index in [1.54, 1.807) is 6.07 Å². The largest absolute Gasteiger partial charge is 0.355 e. The standard InChI is InChI=1S/C8H12N4O2/c1-3-6(10-11-8(9)13)7-4-5(2)12-14-7/h4H,3H2,1-2H3,(H3,9,11,13)/b10-6+. The van der Waals surface area contributed by atoms with E-state index in [0.717, 1.165) is 5.69 Å². The first-order chi connectivity index (χ1) is 6.63. The van der Waals surface area contributed by atoms with Gasteiger partial charge in [-0.3, -0.25) is 0 Å². The molecule has 0 fully saturated rings. The highest BCUT2D eigenvalue weighted by molar-refractivity contribution is 5.98. The summed E-state index contributed by atoms with van der Waals surface area (Å²) in [5.74, 6) is 0.541. The maximum atomic E-state index is 10.4. The number of nitrogens with two attached hydrogens (primary N) is 1. The molecule has 1 heterocycles. The first-order valence-electron chi connectivity index (χ1n) is 4.19. The number of carbonyl (C=O) groups is 1. The van der Waals surface area contributed by atoms with Gasteiger partial charge in [-0.05, 0) is 13.3 Å². The van der Waals surface area contributed by atoms with Gasteiger partial charge in [0.25, 0.3) is 0 Å². The number of hydrogen-bond acceptors (Lipinski definition) is 4. The van der Waals surface area contributed by atoms with Crippen molar-refractivity contribution in [2.75, 3.05) is 0 Å². The fraction of sp³-hybridized carbons (Fsp3) is 0.375. The number of aromatic nitrogens is 1. The molecule has 0 unspecified atom stereocenters. The predicted molar refractivity (Wildman–Crippen MR) is 50.8 cm³/mol. The van der Waals surface area contributed by atoms with Crippen molar-refractivity contribution in [3.05, 3.63) is 17.5 Å². The molecule has 0 aliphatic rings. The van der Waals surface area contributed by atoms with Crippen LogP contribution in [0.3, 0.4) is 0 Å². The van der Waals surface area contributed by atoms with Gasteiger partial charge in [0.2, 0.25) is 0 Å². The molecule has 6 nitrogen and oxygen atoms in total. The Morgan fingerprint density at radius 1 is 1.79 bits per heavy atom. The molecule has 0 atom stereocenters. The van der Waals surface area contributed by atoms with Crippen molar-refractivity contribution < 1.29 is 9.32 Å². The van der Waals surface area contributed by atoms with Crippen molar-refractivity contribution in [3.8, 4) is 0 Å². The summed E-state index contributed by atoms with van der Waals surface area (Å²) in [6, 6.07) is 1.04. The minimum atomic E-state index is -0.702. The lowest BCUT2D eigenvalue weighted by Crippen LogP contribution is -2.25. The van der Waals surface area contributed by atoms with Gasteiger partial charge in [-0.15, -0.1) is 0 Å². The fourth-order valence-electron chi connectivity index (χ4n) is 0.931. The quantitative estimate of drug-likeness (QED) is 0.552. The van der Waals surface area contributed by atoms with Crippen LogP contribution in [0.2, 0.25) is 0 Å². The second-order valence-corrected chi connectivity index (χ2v) is 2.72. The smallest absolute Gasteiger partial charge is 0.332 e. The van der Waals surface area contributed by atoms with Crippen LogP contribution >= 0.6 is 0 Å². The number of primary amides is 1. The molecule has 3 N–H and O–H groups in total. The summed E-state index contributed by atoms with van der Waals surface area (Å²) in [5.41, 5.74) is 8.38. The molecule has 6 heteroatoms. The highest BCUT2D eigenvalue weighted by Gasteiger charge is 2.07. The Kier molecular flexibility index (Phi) is 3.22. The van der Waals surface area contributed by atoms with E-state index in [1.807, 2.05) is 13.8 Å². The van der Waals surface area contributed by atoms with E-state index in [4.69, 9.17) is 10.3 Å². The lowest BCUT2D eigenvalue weighted by atomic mass is 10.2. The van der Waals surface area contributed by atoms with Gasteiger partial charge in [-0.25, -0.2) is 10.2 Å². The number of urea groups is 1. The van der Waals surface area contributed by atoms with Crippen LogP contribution in [0, 0.1) is 6.92 Å². The highest BCUT2D eigenvalue weighted by atomic mass is 16.5. The highest BCUT2D eigenvalue weighted by Crippen LogP contribution is 2.05. The molecular formula is C8H12N4O2. The third-order valence-electron chi connectivity index (χ3n) is 1.55. The molecule has 0 aromatic carbocycles. The van der Waals surface area contributed by atoms with Gasteiger partial charge in [0, 0.05) is 6.07 Å². The predicted octanol–water partition coefficient (Wildman–Crippen LogP) is 0.765. The van der Waals surface area contributed by atoms with E-state index >= 15 is 0 Å². The molecule has 14 heavy (non-hydrogen) atoms. The molecule has 0 bridgehead atoms. The zero-order valence-corrected chi connectivity index (χ0v) is 8.07. The van der Waals surface area contributed by atoms with E-state index in [0.29, 0.717) is 17.9 Å². The SMILES string of the molecule is CC/C(=N\NC(N)=O)c1cc(C)no1. The molecule has 0 spiro atoms. The zero-order valence-electron chi connectivity index (χ0n) is 8.07. The maximum absolute atomic E-state index is 10.4. The third kappa shape index (κ3) is 2.58. The number of hydrazone groups is 1. The summed E-state index contributed by atoms with van der Waals surface area (Å²) in [7, 11) is 0. The molecule has 0 saturated carbocycles. The Balaban J connectivity index is 2.81. The molecule has 1 rings (SSSR count). The Morgan fingerprint density at radius 2 is 2.50 bits per heavy atom. The summed E-state index contributed by atoms with van der Waals surface area (Å²) >= 11 is 0. The number of carbonyl (C=O) groups excluding carboxylic acids is 1. The molecule has 0 saturated heterocycles. The summed E-state index contributed by atoms with van der Waals surface area (Å²) in [6.45, 7) is 3.70. The number of rotatable bonds is 3. The van der Waals surface area contributed by atoms with Gasteiger partial charge in [0.15, 0.2) is 5.76 Å². The Hall–Kier alpha value is -1.85. The molecule has 1 aromatic rings. The molecule has 0 radical (unpaired) electrons. The summed E-state index contributed by atoms with van der Waals surface area (Å²) in [5, 5.41) is 7.50. The minimum Gasteiger partial charge on any atom is -0.355 e. The average molecular weight is 196 g/mol. The molecule has 1 aromatic heterocycles. The van der Waals surface area contributed by atoms with Crippen LogP contribution in [0.1, 0.15) is 24.8 Å². The first-order valence-corrected chi connectivity index (χ1v) is 4.19. The molecule has 0 aliphatic heterocycles. The van der Waals surface area contributed by atoms with Crippen LogP contribution < -0.4 is 11.2 Å². The van der Waals surface area contributed by atoms with Crippen molar-refractivity contribution in [2.45, 2.75) is 20.3 Å². The van der Waals surface area contributed by atoms with Crippen LogP contribution in [0.4, 0.5) is 4.79 Å². The van der Waals surface area contributed by atoms with Crippen molar-refractivity contribution in [3.63, 3.8) is 0 Å². The van der Waals surface area contributed by atoms with Crippen LogP contribution in [0.15, 0.2) is 15.7 Å². The van der Waals surface area contributed by atoms with E-state index in [1.165, 1.54) is 0 Å². The second-order valence-electron chi connectivity index (χ2n) is 2.72. The Bertz CT molecular complexity index is 356. The second kappa shape index (κ2) is 4.40. The van der Waals surface area contributed by atoms with Gasteiger partial charge in [0.1, 0.15) is 5.71 Å². The van der Waals surface area contributed by atoms with Crippen LogP contribution in [0.25, 0.3) is 0 Å². The Labute approximate surface area is 81.1 Å². The molecular weight excluding hydrogens is 184 g/mol. The fourth-order valence-corrected chi connectivity index (χ4v) is 0.931. The number of hydrogen-bond donors (Lipinski definition) is 2. The third-order valence-corrected chi connectivity index (χ3v) is 1.55. The van der Waals surface area contributed by atoms with Gasteiger partial charge >= 0.3 is 6.03 Å². The average Bonchev–Trinajstić information content (AvgIpc) is 2.53. The molecule has 76 valence electrons. The van der Waals surface area contributed by atoms with Gasteiger partial charge in [-0.1, -0.05) is 12.1 Å². The van der Waals surface area contributed by atoms with Crippen molar-refractivity contribution in [2.24, 2.45) is 10.8 Å². The lowest BCUT2D eigenvalue weighted by Gasteiger charge is -1.97. The summed E-state index contributed by atoms with van der Waals surface area (Å²) in [6.07, 6.45) is 0.620. The minimum absolute atomic E-state index is 0.541. The van der Waals surface area contributed by atoms with Crippen LogP contribution in [0.5, 0.6) is 0 Å². The monoisotopic (exact) mass is 196 g/mol. The van der Waals surface area contributed by atoms with Crippen molar-refractivity contribution in [1.82, 2.24) is 10.6 Å². The van der Waals surface area contributed by atoms with Crippen molar-refractivity contribution in [1.29, 1.82) is 0 Å². The van der Waals surface area contributed by atoms with E-state index in [9.17, 15) is 4.79 Å². The van der Waals surface area contributed by atoms with E-state index < -0.39 is 6.03 Å². The number of nitrogens with zero attached hydrogens (tertiary/aromatic N) is 2.